The second kappa shape index (κ2) is 8.61. The van der Waals surface area contributed by atoms with Crippen LogP contribution in [0.25, 0.3) is 0 Å². The molecule has 1 fully saturated rings. The quantitative estimate of drug-likeness (QED) is 0.302. The molecule has 4 atom stereocenters. The van der Waals surface area contributed by atoms with E-state index in [1.807, 2.05) is 0 Å². The van der Waals surface area contributed by atoms with Crippen molar-refractivity contribution in [3.05, 3.63) is 12.8 Å². The van der Waals surface area contributed by atoms with E-state index in [1.165, 1.54) is 0 Å². The van der Waals surface area contributed by atoms with Crippen LogP contribution in [0.4, 0.5) is 4.79 Å². The first kappa shape index (κ1) is 22.8. The molecule has 1 heterocycles. The fourth-order valence-corrected chi connectivity index (χ4v) is 5.59. The maximum Gasteiger partial charge on any atom is 0.490 e. The molecule has 1 saturated heterocycles. The summed E-state index contributed by atoms with van der Waals surface area (Å²) in [6.07, 6.45) is 0.313. The number of rotatable bonds is 9. The summed E-state index contributed by atoms with van der Waals surface area (Å²) in [6, 6.07) is -0.839. The SMILES string of the molecule is C=CN(C(N)=O)[C@@H]1CS[C@H](COP(=O)(O)OP(=O)(O)OP(=O)(O)O)O1. The summed E-state index contributed by atoms with van der Waals surface area (Å²) >= 11 is 1.06. The molecular formula is C7H15N2O12P3S. The Bertz CT molecular complexity index is 653. The third-order valence-electron chi connectivity index (χ3n) is 2.28. The summed E-state index contributed by atoms with van der Waals surface area (Å²) < 4.78 is 50.0. The van der Waals surface area contributed by atoms with Gasteiger partial charge in [-0.1, -0.05) is 6.58 Å². The fourth-order valence-electron chi connectivity index (χ4n) is 1.48. The fraction of sp³-hybridized carbons (Fsp3) is 0.571. The Hall–Kier alpha value is -0.270. The molecule has 6 N–H and O–H groups in total. The Labute approximate surface area is 145 Å². The Morgan fingerprint density at radius 1 is 1.28 bits per heavy atom. The standard InChI is InChI=1S/C7H15N2O12P3S/c1-2-9(7(8)10)5-4-25-6(19-5)3-18-23(14,15)21-24(16,17)20-22(11,12)13/h2,5-6H,1,3-4H2,(H2,8,10)(H,14,15)(H,16,17)(H2,11,12,13)/t5-,6+/m0/s1. The van der Waals surface area contributed by atoms with Crippen LogP contribution in [0.2, 0.25) is 0 Å². The van der Waals surface area contributed by atoms with Gasteiger partial charge in [0.25, 0.3) is 0 Å². The van der Waals surface area contributed by atoms with Crippen molar-refractivity contribution >= 4 is 41.3 Å². The van der Waals surface area contributed by atoms with E-state index in [-0.39, 0.29) is 5.75 Å². The van der Waals surface area contributed by atoms with Gasteiger partial charge in [0, 0.05) is 12.0 Å². The van der Waals surface area contributed by atoms with Crippen LogP contribution in [0, 0.1) is 0 Å². The average Bonchev–Trinajstić information content (AvgIpc) is 2.81. The van der Waals surface area contributed by atoms with Gasteiger partial charge in [-0.05, 0) is 0 Å². The third-order valence-corrected chi connectivity index (χ3v) is 7.18. The smallest absolute Gasteiger partial charge is 0.351 e. The molecule has 1 aliphatic heterocycles. The molecular weight excluding hydrogens is 429 g/mol. The maximum absolute atomic E-state index is 11.5. The van der Waals surface area contributed by atoms with Crippen LogP contribution in [-0.4, -0.2) is 54.5 Å². The number of ether oxygens (including phenoxy) is 1. The molecule has 0 radical (unpaired) electrons. The minimum Gasteiger partial charge on any atom is -0.351 e. The summed E-state index contributed by atoms with van der Waals surface area (Å²) in [7, 11) is -16.3. The predicted molar refractivity (Wildman–Crippen MR) is 82.6 cm³/mol. The highest BCUT2D eigenvalue weighted by Gasteiger charge is 2.41. The van der Waals surface area contributed by atoms with Gasteiger partial charge in [0.15, 0.2) is 0 Å². The van der Waals surface area contributed by atoms with Gasteiger partial charge >= 0.3 is 29.5 Å². The van der Waals surface area contributed by atoms with Crippen molar-refractivity contribution in [2.75, 3.05) is 12.4 Å². The average molecular weight is 444 g/mol. The van der Waals surface area contributed by atoms with Gasteiger partial charge in [-0.25, -0.2) is 18.5 Å². The number of phosphoric ester groups is 1. The van der Waals surface area contributed by atoms with Crippen LogP contribution in [0.1, 0.15) is 0 Å². The van der Waals surface area contributed by atoms with Crippen molar-refractivity contribution in [3.63, 3.8) is 0 Å². The molecule has 1 rings (SSSR count). The summed E-state index contributed by atoms with van der Waals surface area (Å²) in [5.41, 5.74) is 4.21. The highest BCUT2D eigenvalue weighted by Crippen LogP contribution is 2.66. The first-order chi connectivity index (χ1) is 11.2. The van der Waals surface area contributed by atoms with Crippen LogP contribution < -0.4 is 5.73 Å². The number of nitrogens with zero attached hydrogens (tertiary/aromatic N) is 1. The molecule has 18 heteroatoms. The molecule has 0 bridgehead atoms. The van der Waals surface area contributed by atoms with E-state index in [4.69, 9.17) is 25.2 Å². The number of hydrogen-bond acceptors (Lipinski definition) is 9. The van der Waals surface area contributed by atoms with Crippen molar-refractivity contribution in [2.24, 2.45) is 5.73 Å². The van der Waals surface area contributed by atoms with Gasteiger partial charge in [0.05, 0.1) is 6.61 Å². The maximum atomic E-state index is 11.5. The molecule has 0 aromatic carbocycles. The van der Waals surface area contributed by atoms with Crippen molar-refractivity contribution < 1.29 is 55.9 Å². The number of hydrogen-bond donors (Lipinski definition) is 5. The number of urea groups is 1. The minimum absolute atomic E-state index is 0.222. The highest BCUT2D eigenvalue weighted by atomic mass is 32.2. The Morgan fingerprint density at radius 3 is 2.36 bits per heavy atom. The second-order valence-electron chi connectivity index (χ2n) is 4.17. The first-order valence-corrected chi connectivity index (χ1v) is 11.6. The van der Waals surface area contributed by atoms with E-state index in [2.05, 4.69) is 19.7 Å². The summed E-state index contributed by atoms with van der Waals surface area (Å²) in [5.74, 6) is 0.222. The van der Waals surface area contributed by atoms with Crippen LogP contribution in [0.5, 0.6) is 0 Å². The zero-order valence-electron chi connectivity index (χ0n) is 12.2. The Balaban J connectivity index is 2.56. The monoisotopic (exact) mass is 444 g/mol. The topological polar surface area (TPSA) is 215 Å². The van der Waals surface area contributed by atoms with E-state index in [0.717, 1.165) is 22.9 Å². The summed E-state index contributed by atoms with van der Waals surface area (Å²) in [6.45, 7) is 2.74. The Kier molecular flexibility index (Phi) is 7.84. The van der Waals surface area contributed by atoms with Crippen LogP contribution in [0.15, 0.2) is 12.8 Å². The number of phosphoric acid groups is 3. The van der Waals surface area contributed by atoms with E-state index in [9.17, 15) is 23.4 Å². The number of primary amides is 1. The van der Waals surface area contributed by atoms with Gasteiger partial charge < -0.3 is 30.0 Å². The largest absolute Gasteiger partial charge is 0.490 e. The molecule has 0 aromatic heterocycles. The van der Waals surface area contributed by atoms with E-state index >= 15 is 0 Å². The lowest BCUT2D eigenvalue weighted by Crippen LogP contribution is -2.41. The molecule has 25 heavy (non-hydrogen) atoms. The number of carbonyl (C=O) groups is 1. The van der Waals surface area contributed by atoms with Crippen molar-refractivity contribution in [1.82, 2.24) is 4.90 Å². The lowest BCUT2D eigenvalue weighted by atomic mass is 10.5. The zero-order valence-corrected chi connectivity index (χ0v) is 15.7. The van der Waals surface area contributed by atoms with E-state index in [1.54, 1.807) is 0 Å². The molecule has 146 valence electrons. The van der Waals surface area contributed by atoms with Gasteiger partial charge in [-0.2, -0.15) is 8.62 Å². The third kappa shape index (κ3) is 8.31. The molecule has 0 aliphatic carbocycles. The molecule has 0 spiro atoms. The highest BCUT2D eigenvalue weighted by molar-refractivity contribution is 8.00. The molecule has 0 saturated carbocycles. The van der Waals surface area contributed by atoms with Crippen LogP contribution in [0.3, 0.4) is 0 Å². The lowest BCUT2D eigenvalue weighted by Gasteiger charge is -2.22. The molecule has 1 aliphatic rings. The minimum atomic E-state index is -5.57. The Morgan fingerprint density at radius 2 is 1.88 bits per heavy atom. The number of thioether (sulfide) groups is 1. The number of amides is 2. The summed E-state index contributed by atoms with van der Waals surface area (Å²) in [4.78, 5) is 47.2. The van der Waals surface area contributed by atoms with Crippen molar-refractivity contribution in [1.29, 1.82) is 0 Å². The van der Waals surface area contributed by atoms with Crippen molar-refractivity contribution in [2.45, 2.75) is 11.7 Å². The van der Waals surface area contributed by atoms with Crippen LogP contribution in [-0.2, 0) is 31.6 Å². The lowest BCUT2D eigenvalue weighted by molar-refractivity contribution is -0.0190. The molecule has 2 unspecified atom stereocenters. The first-order valence-electron chi connectivity index (χ1n) is 6.00. The number of carbonyl (C=O) groups excluding carboxylic acids is 1. The normalized spacial score (nSPS) is 25.8. The molecule has 2 amide bonds. The number of nitrogens with two attached hydrogens (primary N) is 1. The van der Waals surface area contributed by atoms with E-state index < -0.39 is 47.8 Å². The molecule has 14 nitrogen and oxygen atoms in total. The second-order valence-corrected chi connectivity index (χ2v) is 9.78. The van der Waals surface area contributed by atoms with Gasteiger partial charge in [0.1, 0.15) is 11.7 Å². The van der Waals surface area contributed by atoms with Crippen molar-refractivity contribution in [3.8, 4) is 0 Å². The summed E-state index contributed by atoms with van der Waals surface area (Å²) in [5, 5.41) is 0. The molecule has 0 aromatic rings. The predicted octanol–water partition coefficient (Wildman–Crippen LogP) is 0.269. The van der Waals surface area contributed by atoms with E-state index in [0.29, 0.717) is 0 Å². The van der Waals surface area contributed by atoms with Gasteiger partial charge in [-0.3, -0.25) is 9.42 Å². The van der Waals surface area contributed by atoms with Gasteiger partial charge in [-0.15, -0.1) is 11.8 Å². The zero-order chi connectivity index (χ0) is 19.5. The van der Waals surface area contributed by atoms with Gasteiger partial charge in [0.2, 0.25) is 0 Å². The van der Waals surface area contributed by atoms with Crippen LogP contribution >= 0.6 is 35.2 Å².